The van der Waals surface area contributed by atoms with Crippen LogP contribution in [0.15, 0.2) is 23.1 Å². The van der Waals surface area contributed by atoms with Crippen molar-refractivity contribution in [2.45, 2.75) is 39.5 Å². The van der Waals surface area contributed by atoms with E-state index in [-0.39, 0.29) is 22.5 Å². The Morgan fingerprint density at radius 3 is 2.65 bits per heavy atom. The summed E-state index contributed by atoms with van der Waals surface area (Å²) in [5.41, 5.74) is 0.155. The van der Waals surface area contributed by atoms with Crippen LogP contribution in [0.3, 0.4) is 0 Å². The van der Waals surface area contributed by atoms with E-state index >= 15 is 0 Å². The molecule has 0 fully saturated rings. The highest BCUT2D eigenvalue weighted by Crippen LogP contribution is 2.23. The van der Waals surface area contributed by atoms with Crippen molar-refractivity contribution in [3.05, 3.63) is 40.1 Å². The number of pyridine rings is 1. The van der Waals surface area contributed by atoms with Gasteiger partial charge in [0.15, 0.2) is 11.5 Å². The fraction of sp³-hybridized carbons (Fsp3) is 0.467. The summed E-state index contributed by atoms with van der Waals surface area (Å²) in [6.07, 6.45) is 2.43. The van der Waals surface area contributed by atoms with Crippen LogP contribution in [-0.4, -0.2) is 16.0 Å². The number of hydrogen-bond acceptors (Lipinski definition) is 3. The zero-order valence-corrected chi connectivity index (χ0v) is 12.2. The molecule has 0 saturated heterocycles. The molecule has 2 heterocycles. The van der Waals surface area contributed by atoms with Crippen molar-refractivity contribution in [3.8, 4) is 5.88 Å². The van der Waals surface area contributed by atoms with Gasteiger partial charge < -0.3 is 4.74 Å². The Morgan fingerprint density at radius 2 is 2.05 bits per heavy atom. The van der Waals surface area contributed by atoms with Gasteiger partial charge in [-0.3, -0.25) is 9.20 Å². The van der Waals surface area contributed by atoms with Gasteiger partial charge in [-0.2, -0.15) is 4.98 Å². The van der Waals surface area contributed by atoms with E-state index in [4.69, 9.17) is 4.74 Å². The largest absolute Gasteiger partial charge is 0.477 e. The van der Waals surface area contributed by atoms with Crippen molar-refractivity contribution in [3.63, 3.8) is 0 Å². The predicted molar refractivity (Wildman–Crippen MR) is 75.9 cm³/mol. The molecule has 2 aromatic heterocycles. The van der Waals surface area contributed by atoms with E-state index in [2.05, 4.69) is 4.98 Å². The maximum Gasteiger partial charge on any atom is 0.261 e. The highest BCUT2D eigenvalue weighted by atomic mass is 19.1. The first-order chi connectivity index (χ1) is 9.32. The Labute approximate surface area is 117 Å². The maximum atomic E-state index is 14.2. The molecule has 5 heteroatoms. The molecule has 0 unspecified atom stereocenters. The van der Waals surface area contributed by atoms with Gasteiger partial charge in [0.25, 0.3) is 5.56 Å². The minimum atomic E-state index is -0.517. The Morgan fingerprint density at radius 1 is 1.35 bits per heavy atom. The van der Waals surface area contributed by atoms with Crippen LogP contribution in [0.5, 0.6) is 5.88 Å². The van der Waals surface area contributed by atoms with Gasteiger partial charge in [0.2, 0.25) is 5.88 Å². The summed E-state index contributed by atoms with van der Waals surface area (Å²) in [4.78, 5) is 16.1. The van der Waals surface area contributed by atoms with E-state index < -0.39 is 5.82 Å². The van der Waals surface area contributed by atoms with Gasteiger partial charge in [-0.25, -0.2) is 4.39 Å². The molecule has 0 spiro atoms. The molecule has 0 N–H and O–H groups in total. The standard InChI is InChI=1S/C15H19FN2O2/c1-5-6-20-12-8-13(19)18-9-10(15(2,3)4)7-11(16)14(18)17-12/h7-9H,5-6H2,1-4H3. The van der Waals surface area contributed by atoms with Crippen molar-refractivity contribution in [2.75, 3.05) is 6.61 Å². The quantitative estimate of drug-likeness (QED) is 0.867. The van der Waals surface area contributed by atoms with Crippen LogP contribution in [0.4, 0.5) is 4.39 Å². The molecular weight excluding hydrogens is 259 g/mol. The van der Waals surface area contributed by atoms with Crippen LogP contribution in [0.25, 0.3) is 5.65 Å². The van der Waals surface area contributed by atoms with Crippen LogP contribution in [0.2, 0.25) is 0 Å². The molecule has 0 amide bonds. The number of nitrogens with zero attached hydrogens (tertiary/aromatic N) is 2. The summed E-state index contributed by atoms with van der Waals surface area (Å²) in [5, 5.41) is 0. The summed E-state index contributed by atoms with van der Waals surface area (Å²) in [7, 11) is 0. The van der Waals surface area contributed by atoms with Crippen molar-refractivity contribution >= 4 is 5.65 Å². The Balaban J connectivity index is 2.62. The number of ether oxygens (including phenoxy) is 1. The third-order valence-corrected chi connectivity index (χ3v) is 3.01. The van der Waals surface area contributed by atoms with Crippen molar-refractivity contribution in [1.82, 2.24) is 9.38 Å². The third kappa shape index (κ3) is 2.81. The van der Waals surface area contributed by atoms with Crippen LogP contribution in [-0.2, 0) is 5.41 Å². The number of aromatic nitrogens is 2. The number of fused-ring (bicyclic) bond motifs is 1. The van der Waals surface area contributed by atoms with Gasteiger partial charge in [-0.15, -0.1) is 0 Å². The molecule has 4 nitrogen and oxygen atoms in total. The molecule has 0 aromatic carbocycles. The molecule has 108 valence electrons. The van der Waals surface area contributed by atoms with Gasteiger partial charge in [-0.05, 0) is 23.5 Å². The molecule has 0 aliphatic heterocycles. The topological polar surface area (TPSA) is 43.6 Å². The third-order valence-electron chi connectivity index (χ3n) is 3.01. The Kier molecular flexibility index (Phi) is 3.79. The zero-order valence-electron chi connectivity index (χ0n) is 12.2. The van der Waals surface area contributed by atoms with E-state index in [1.54, 1.807) is 6.20 Å². The van der Waals surface area contributed by atoms with E-state index in [0.717, 1.165) is 12.0 Å². The second kappa shape index (κ2) is 5.23. The van der Waals surface area contributed by atoms with Gasteiger partial charge in [0, 0.05) is 6.20 Å². The van der Waals surface area contributed by atoms with E-state index in [0.29, 0.717) is 6.61 Å². The van der Waals surface area contributed by atoms with Crippen molar-refractivity contribution in [1.29, 1.82) is 0 Å². The molecule has 0 saturated carbocycles. The Hall–Kier alpha value is -1.91. The fourth-order valence-electron chi connectivity index (χ4n) is 1.83. The first kappa shape index (κ1) is 14.5. The van der Waals surface area contributed by atoms with Gasteiger partial charge >= 0.3 is 0 Å². The fourth-order valence-corrected chi connectivity index (χ4v) is 1.83. The number of halogens is 1. The minimum Gasteiger partial charge on any atom is -0.477 e. The summed E-state index contributed by atoms with van der Waals surface area (Å²) in [6.45, 7) is 8.29. The molecule has 2 rings (SSSR count). The second-order valence-corrected chi connectivity index (χ2v) is 5.80. The van der Waals surface area contributed by atoms with Crippen molar-refractivity contribution in [2.24, 2.45) is 0 Å². The minimum absolute atomic E-state index is 0.00315. The molecule has 0 aliphatic rings. The normalized spacial score (nSPS) is 11.8. The highest BCUT2D eigenvalue weighted by molar-refractivity contribution is 5.44. The summed E-state index contributed by atoms with van der Waals surface area (Å²) in [5.74, 6) is -0.351. The van der Waals surface area contributed by atoms with Crippen LogP contribution < -0.4 is 10.3 Å². The van der Waals surface area contributed by atoms with Crippen molar-refractivity contribution < 1.29 is 9.13 Å². The Bertz CT molecular complexity index is 687. The molecule has 0 aliphatic carbocycles. The van der Waals surface area contributed by atoms with Crippen LogP contribution in [0.1, 0.15) is 39.7 Å². The lowest BCUT2D eigenvalue weighted by atomic mass is 9.88. The lowest BCUT2D eigenvalue weighted by Gasteiger charge is -2.19. The predicted octanol–water partition coefficient (Wildman–Crippen LogP) is 2.92. The van der Waals surface area contributed by atoms with Crippen LogP contribution in [0, 0.1) is 5.82 Å². The highest BCUT2D eigenvalue weighted by Gasteiger charge is 2.18. The molecule has 2 aromatic rings. The van der Waals surface area contributed by atoms with E-state index in [1.807, 2.05) is 27.7 Å². The maximum absolute atomic E-state index is 14.2. The molecule has 0 bridgehead atoms. The average molecular weight is 278 g/mol. The summed E-state index contributed by atoms with van der Waals surface area (Å²) >= 11 is 0. The lowest BCUT2D eigenvalue weighted by Crippen LogP contribution is -2.20. The zero-order chi connectivity index (χ0) is 14.9. The van der Waals surface area contributed by atoms with E-state index in [1.165, 1.54) is 16.5 Å². The molecule has 0 radical (unpaired) electrons. The molecule has 0 atom stereocenters. The SMILES string of the molecule is CCCOc1cc(=O)n2cc(C(C)(C)C)cc(F)c2n1. The lowest BCUT2D eigenvalue weighted by molar-refractivity contribution is 0.305. The summed E-state index contributed by atoms with van der Waals surface area (Å²) < 4.78 is 20.7. The summed E-state index contributed by atoms with van der Waals surface area (Å²) in [6, 6.07) is 2.71. The van der Waals surface area contributed by atoms with Gasteiger partial charge in [-0.1, -0.05) is 27.7 Å². The first-order valence-electron chi connectivity index (χ1n) is 6.69. The average Bonchev–Trinajstić information content (AvgIpc) is 2.36. The van der Waals surface area contributed by atoms with Gasteiger partial charge in [0.1, 0.15) is 0 Å². The van der Waals surface area contributed by atoms with Crippen LogP contribution >= 0.6 is 0 Å². The molecule has 20 heavy (non-hydrogen) atoms. The number of rotatable bonds is 3. The van der Waals surface area contributed by atoms with Gasteiger partial charge in [0.05, 0.1) is 12.7 Å². The first-order valence-corrected chi connectivity index (χ1v) is 6.69. The second-order valence-electron chi connectivity index (χ2n) is 5.80. The monoisotopic (exact) mass is 278 g/mol. The smallest absolute Gasteiger partial charge is 0.261 e. The number of hydrogen-bond donors (Lipinski definition) is 0. The van der Waals surface area contributed by atoms with E-state index in [9.17, 15) is 9.18 Å². The molecular formula is C15H19FN2O2.